The molecule has 0 amide bonds. The Labute approximate surface area is 131 Å². The van der Waals surface area contributed by atoms with E-state index in [0.29, 0.717) is 11.8 Å². The molecular formula is C19H24N2O. The van der Waals surface area contributed by atoms with Crippen LogP contribution in [-0.2, 0) is 0 Å². The summed E-state index contributed by atoms with van der Waals surface area (Å²) >= 11 is 0. The number of nitrogens with zero attached hydrogens (tertiary/aromatic N) is 2. The van der Waals surface area contributed by atoms with E-state index in [2.05, 4.69) is 21.6 Å². The lowest BCUT2D eigenvalue weighted by Crippen LogP contribution is -2.35. The molecule has 2 atom stereocenters. The summed E-state index contributed by atoms with van der Waals surface area (Å²) in [7, 11) is 0. The lowest BCUT2D eigenvalue weighted by Gasteiger charge is -2.44. The highest BCUT2D eigenvalue weighted by Gasteiger charge is 2.41. The van der Waals surface area contributed by atoms with Gasteiger partial charge in [-0.05, 0) is 67.4 Å². The van der Waals surface area contributed by atoms with Crippen LogP contribution in [0.4, 0.5) is 0 Å². The van der Waals surface area contributed by atoms with Crippen molar-refractivity contribution < 1.29 is 5.11 Å². The van der Waals surface area contributed by atoms with Crippen molar-refractivity contribution in [3.8, 4) is 0 Å². The van der Waals surface area contributed by atoms with Crippen LogP contribution in [0.1, 0.15) is 68.1 Å². The number of aliphatic hydroxyl groups is 1. The van der Waals surface area contributed by atoms with E-state index in [1.807, 2.05) is 12.5 Å². The molecule has 0 spiro atoms. The fourth-order valence-corrected chi connectivity index (χ4v) is 5.13. The summed E-state index contributed by atoms with van der Waals surface area (Å²) in [5, 5.41) is 11.3. The van der Waals surface area contributed by atoms with Crippen molar-refractivity contribution in [1.29, 1.82) is 0 Å². The van der Waals surface area contributed by atoms with Crippen LogP contribution in [0.3, 0.4) is 0 Å². The van der Waals surface area contributed by atoms with Gasteiger partial charge < -0.3 is 9.51 Å². The van der Waals surface area contributed by atoms with Gasteiger partial charge in [-0.2, -0.15) is 0 Å². The van der Waals surface area contributed by atoms with Gasteiger partial charge in [-0.15, -0.1) is 0 Å². The van der Waals surface area contributed by atoms with Crippen LogP contribution in [-0.4, -0.2) is 14.5 Å². The molecule has 2 aromatic rings. The summed E-state index contributed by atoms with van der Waals surface area (Å²) in [4.78, 5) is 4.31. The maximum Gasteiger partial charge on any atom is 0.0992 e. The second-order valence-electron chi connectivity index (χ2n) is 7.77. The van der Waals surface area contributed by atoms with Gasteiger partial charge in [0.1, 0.15) is 0 Å². The van der Waals surface area contributed by atoms with E-state index in [1.54, 1.807) is 0 Å². The van der Waals surface area contributed by atoms with Crippen molar-refractivity contribution in [2.75, 3.05) is 0 Å². The van der Waals surface area contributed by atoms with Crippen LogP contribution in [0.15, 0.2) is 24.8 Å². The molecule has 2 bridgehead atoms. The van der Waals surface area contributed by atoms with Crippen LogP contribution in [0.2, 0.25) is 0 Å². The first-order valence-corrected chi connectivity index (χ1v) is 8.94. The van der Waals surface area contributed by atoms with E-state index in [1.165, 1.54) is 56.1 Å². The first-order valence-electron chi connectivity index (χ1n) is 8.94. The summed E-state index contributed by atoms with van der Waals surface area (Å²) in [6.07, 6.45) is 14.8. The fourth-order valence-electron chi connectivity index (χ4n) is 5.13. The summed E-state index contributed by atoms with van der Waals surface area (Å²) in [6, 6.07) is 2.23. The van der Waals surface area contributed by atoms with E-state index >= 15 is 0 Å². The van der Waals surface area contributed by atoms with Gasteiger partial charge in [-0.25, -0.2) is 4.98 Å². The lowest BCUT2D eigenvalue weighted by molar-refractivity contribution is -0.00470. The van der Waals surface area contributed by atoms with Crippen molar-refractivity contribution >= 4 is 5.52 Å². The highest BCUT2D eigenvalue weighted by atomic mass is 16.3. The first kappa shape index (κ1) is 13.1. The summed E-state index contributed by atoms with van der Waals surface area (Å²) in [6.45, 7) is 0. The molecule has 0 radical (unpaired) electrons. The third-order valence-electron chi connectivity index (χ3n) is 6.49. The number of aliphatic hydroxyl groups excluding tert-OH is 1. The van der Waals surface area contributed by atoms with Gasteiger partial charge >= 0.3 is 0 Å². The molecule has 4 aliphatic carbocycles. The largest absolute Gasteiger partial charge is 0.388 e. The molecule has 0 aromatic carbocycles. The predicted octanol–water partition coefficient (Wildman–Crippen LogP) is 4.07. The molecule has 2 aromatic heterocycles. The number of aromatic nitrogens is 2. The van der Waals surface area contributed by atoms with E-state index in [4.69, 9.17) is 0 Å². The highest BCUT2D eigenvalue weighted by Crippen LogP contribution is 2.52. The Balaban J connectivity index is 1.59. The second kappa shape index (κ2) is 4.82. The third kappa shape index (κ3) is 1.95. The van der Waals surface area contributed by atoms with Gasteiger partial charge in [0.05, 0.1) is 24.1 Å². The minimum absolute atomic E-state index is 0.302. The zero-order chi connectivity index (χ0) is 14.7. The average molecular weight is 296 g/mol. The number of hydrogen-bond donors (Lipinski definition) is 1. The number of rotatable bonds is 3. The zero-order valence-electron chi connectivity index (χ0n) is 13.0. The van der Waals surface area contributed by atoms with Crippen LogP contribution < -0.4 is 0 Å². The van der Waals surface area contributed by atoms with E-state index in [-0.39, 0.29) is 6.10 Å². The maximum atomic E-state index is 11.3. The van der Waals surface area contributed by atoms with Gasteiger partial charge in [0.2, 0.25) is 0 Å². The Morgan fingerprint density at radius 2 is 1.95 bits per heavy atom. The molecule has 0 aliphatic heterocycles. The molecule has 0 saturated heterocycles. The van der Waals surface area contributed by atoms with Crippen molar-refractivity contribution in [2.24, 2.45) is 17.8 Å². The molecule has 2 heterocycles. The van der Waals surface area contributed by atoms with Crippen LogP contribution >= 0.6 is 0 Å². The number of imidazole rings is 1. The quantitative estimate of drug-likeness (QED) is 0.927. The summed E-state index contributed by atoms with van der Waals surface area (Å²) < 4.78 is 2.07. The third-order valence-corrected chi connectivity index (χ3v) is 6.49. The van der Waals surface area contributed by atoms with Crippen LogP contribution in [0.25, 0.3) is 5.52 Å². The number of pyridine rings is 1. The van der Waals surface area contributed by atoms with Crippen molar-refractivity contribution in [1.82, 2.24) is 9.38 Å². The second-order valence-corrected chi connectivity index (χ2v) is 7.77. The minimum atomic E-state index is -0.302. The molecule has 3 nitrogen and oxygen atoms in total. The number of fused-ring (bicyclic) bond motifs is 4. The molecule has 6 rings (SSSR count). The van der Waals surface area contributed by atoms with Crippen LogP contribution in [0, 0.1) is 17.8 Å². The number of hydrogen-bond acceptors (Lipinski definition) is 2. The lowest BCUT2D eigenvalue weighted by atomic mass is 9.62. The molecule has 4 aliphatic rings. The molecule has 4 saturated carbocycles. The molecular weight excluding hydrogens is 272 g/mol. The monoisotopic (exact) mass is 296 g/mol. The summed E-state index contributed by atoms with van der Waals surface area (Å²) in [5.74, 6) is 2.73. The highest BCUT2D eigenvalue weighted by molar-refractivity contribution is 5.59. The van der Waals surface area contributed by atoms with E-state index in [9.17, 15) is 5.11 Å². The molecule has 4 fully saturated rings. The molecule has 116 valence electrons. The molecule has 3 heteroatoms. The van der Waals surface area contributed by atoms with E-state index in [0.717, 1.165) is 17.4 Å². The fraction of sp³-hybridized carbons (Fsp3) is 0.632. The SMILES string of the molecule is OC(c1c(C2CC2)ccn2cncc12)C1CC2CCC1CC2. The Bertz CT molecular complexity index is 695. The standard InChI is InChI=1S/C19H24N2O/c22-19(16-9-12-1-3-14(16)4-2-12)18-15(13-5-6-13)7-8-21-11-20-10-17(18)21/h7-8,10-14,16,19,22H,1-6,9H2. The van der Waals surface area contributed by atoms with Gasteiger partial charge in [0.25, 0.3) is 0 Å². The van der Waals surface area contributed by atoms with Gasteiger partial charge in [-0.1, -0.05) is 12.8 Å². The predicted molar refractivity (Wildman–Crippen MR) is 85.7 cm³/mol. The van der Waals surface area contributed by atoms with Crippen molar-refractivity contribution in [3.63, 3.8) is 0 Å². The van der Waals surface area contributed by atoms with Crippen molar-refractivity contribution in [2.45, 2.75) is 57.0 Å². The van der Waals surface area contributed by atoms with Gasteiger partial charge in [0, 0.05) is 11.8 Å². The summed E-state index contributed by atoms with van der Waals surface area (Å²) in [5.41, 5.74) is 3.71. The minimum Gasteiger partial charge on any atom is -0.388 e. The topological polar surface area (TPSA) is 37.5 Å². The van der Waals surface area contributed by atoms with Crippen molar-refractivity contribution in [3.05, 3.63) is 35.9 Å². The molecule has 2 unspecified atom stereocenters. The van der Waals surface area contributed by atoms with Crippen LogP contribution in [0.5, 0.6) is 0 Å². The Kier molecular flexibility index (Phi) is 2.88. The zero-order valence-corrected chi connectivity index (χ0v) is 13.0. The Morgan fingerprint density at radius 3 is 2.64 bits per heavy atom. The molecule has 22 heavy (non-hydrogen) atoms. The van der Waals surface area contributed by atoms with Gasteiger partial charge in [0.15, 0.2) is 0 Å². The van der Waals surface area contributed by atoms with E-state index < -0.39 is 0 Å². The molecule has 1 N–H and O–H groups in total. The Hall–Kier alpha value is -1.35. The maximum absolute atomic E-state index is 11.3. The Morgan fingerprint density at radius 1 is 1.14 bits per heavy atom. The smallest absolute Gasteiger partial charge is 0.0992 e. The first-order chi connectivity index (χ1) is 10.8. The average Bonchev–Trinajstić information content (AvgIpc) is 3.31. The van der Waals surface area contributed by atoms with Gasteiger partial charge in [-0.3, -0.25) is 0 Å². The normalized spacial score (nSPS) is 32.5.